The number of hydrogen-bond donors (Lipinski definition) is 2. The van der Waals surface area contributed by atoms with Crippen molar-refractivity contribution in [3.8, 4) is 0 Å². The minimum atomic E-state index is -2.79. The number of ether oxygens (including phenoxy) is 1. The fourth-order valence-electron chi connectivity index (χ4n) is 0.989. The van der Waals surface area contributed by atoms with Crippen LogP contribution in [0, 0.1) is 0 Å². The van der Waals surface area contributed by atoms with E-state index in [1.807, 2.05) is 0 Å². The third kappa shape index (κ3) is 1.95. The first kappa shape index (κ1) is 11.2. The van der Waals surface area contributed by atoms with E-state index in [9.17, 15) is 13.6 Å². The van der Waals surface area contributed by atoms with Crippen LogP contribution in [0.5, 0.6) is 0 Å². The Hall–Kier alpha value is -1.92. The molecule has 0 fully saturated rings. The van der Waals surface area contributed by atoms with Gasteiger partial charge in [0.2, 0.25) is 0 Å². The number of carbonyl (C=O) groups is 1. The number of pyridine rings is 1. The third-order valence-electron chi connectivity index (χ3n) is 1.80. The Morgan fingerprint density at radius 1 is 1.47 bits per heavy atom. The molecule has 0 aliphatic heterocycles. The molecular formula is C8H9F2N3O2. The molecule has 0 saturated carbocycles. The first-order chi connectivity index (χ1) is 6.99. The molecule has 15 heavy (non-hydrogen) atoms. The van der Waals surface area contributed by atoms with Crippen LogP contribution in [0.15, 0.2) is 6.20 Å². The van der Waals surface area contributed by atoms with Crippen LogP contribution in [-0.4, -0.2) is 18.1 Å². The summed E-state index contributed by atoms with van der Waals surface area (Å²) in [5.74, 6) is -0.819. The maximum absolute atomic E-state index is 12.3. The second-order valence-electron chi connectivity index (χ2n) is 2.68. The zero-order valence-electron chi connectivity index (χ0n) is 7.83. The summed E-state index contributed by atoms with van der Waals surface area (Å²) < 4.78 is 29.0. The monoisotopic (exact) mass is 217 g/mol. The van der Waals surface area contributed by atoms with Gasteiger partial charge in [0, 0.05) is 6.20 Å². The highest BCUT2D eigenvalue weighted by Crippen LogP contribution is 2.30. The minimum absolute atomic E-state index is 0.264. The molecule has 0 aliphatic rings. The first-order valence-corrected chi connectivity index (χ1v) is 3.89. The minimum Gasteiger partial charge on any atom is -0.464 e. The van der Waals surface area contributed by atoms with Gasteiger partial charge in [-0.05, 0) is 0 Å². The van der Waals surface area contributed by atoms with Crippen molar-refractivity contribution in [2.75, 3.05) is 18.6 Å². The summed E-state index contributed by atoms with van der Waals surface area (Å²) in [6, 6.07) is 0. The lowest BCUT2D eigenvalue weighted by Gasteiger charge is -2.09. The second-order valence-corrected chi connectivity index (χ2v) is 2.68. The largest absolute Gasteiger partial charge is 0.464 e. The number of rotatable bonds is 2. The van der Waals surface area contributed by atoms with E-state index in [2.05, 4.69) is 9.72 Å². The first-order valence-electron chi connectivity index (χ1n) is 3.89. The lowest BCUT2D eigenvalue weighted by atomic mass is 10.2. The van der Waals surface area contributed by atoms with Crippen LogP contribution < -0.4 is 11.5 Å². The van der Waals surface area contributed by atoms with Gasteiger partial charge < -0.3 is 16.2 Å². The van der Waals surface area contributed by atoms with Gasteiger partial charge in [0.25, 0.3) is 6.43 Å². The maximum Gasteiger partial charge on any atom is 0.358 e. The molecule has 1 aromatic rings. The van der Waals surface area contributed by atoms with Gasteiger partial charge in [-0.3, -0.25) is 0 Å². The molecule has 5 nitrogen and oxygen atoms in total. The number of anilines is 2. The number of nitrogens with two attached hydrogens (primary N) is 2. The van der Waals surface area contributed by atoms with Gasteiger partial charge in [-0.15, -0.1) is 0 Å². The average Bonchev–Trinajstić information content (AvgIpc) is 2.20. The molecule has 0 saturated heterocycles. The van der Waals surface area contributed by atoms with Gasteiger partial charge in [0.1, 0.15) is 0 Å². The molecule has 0 aromatic carbocycles. The summed E-state index contributed by atoms with van der Waals surface area (Å²) in [6.45, 7) is 0. The molecule has 0 amide bonds. The second kappa shape index (κ2) is 4.07. The van der Waals surface area contributed by atoms with Crippen molar-refractivity contribution in [2.24, 2.45) is 0 Å². The van der Waals surface area contributed by atoms with Crippen LogP contribution in [0.4, 0.5) is 20.2 Å². The number of nitrogens with zero attached hydrogens (tertiary/aromatic N) is 1. The highest BCUT2D eigenvalue weighted by atomic mass is 19.3. The van der Waals surface area contributed by atoms with E-state index in [4.69, 9.17) is 11.5 Å². The summed E-state index contributed by atoms with van der Waals surface area (Å²) >= 11 is 0. The van der Waals surface area contributed by atoms with E-state index in [1.54, 1.807) is 0 Å². The number of hydrogen-bond acceptors (Lipinski definition) is 5. The number of methoxy groups -OCH3 is 1. The topological polar surface area (TPSA) is 91.2 Å². The number of carbonyl (C=O) groups excluding carboxylic acids is 1. The third-order valence-corrected chi connectivity index (χ3v) is 1.80. The van der Waals surface area contributed by atoms with Crippen LogP contribution in [-0.2, 0) is 4.74 Å². The molecule has 1 rings (SSSR count). The van der Waals surface area contributed by atoms with Gasteiger partial charge >= 0.3 is 5.97 Å². The number of alkyl halides is 2. The summed E-state index contributed by atoms with van der Waals surface area (Å²) in [5.41, 5.74) is 9.30. The standard InChI is InChI=1S/C8H9F2N3O2/c1-15-8(14)6-5(12)4(11)3(2-13-6)7(9)10/h2,7H,12H2,1H3,(H2,11,13). The summed E-state index contributed by atoms with van der Waals surface area (Å²) in [4.78, 5) is 14.5. The molecule has 0 bridgehead atoms. The van der Waals surface area contributed by atoms with Crippen LogP contribution >= 0.6 is 0 Å². The molecule has 1 heterocycles. The zero-order valence-corrected chi connectivity index (χ0v) is 7.83. The van der Waals surface area contributed by atoms with Gasteiger partial charge in [0.05, 0.1) is 24.0 Å². The number of aromatic nitrogens is 1. The van der Waals surface area contributed by atoms with E-state index in [1.165, 1.54) is 0 Å². The van der Waals surface area contributed by atoms with Crippen LogP contribution in [0.25, 0.3) is 0 Å². The Labute approximate surface area is 84.0 Å². The maximum atomic E-state index is 12.3. The lowest BCUT2D eigenvalue weighted by molar-refractivity contribution is 0.0595. The molecular weight excluding hydrogens is 208 g/mol. The highest BCUT2D eigenvalue weighted by molar-refractivity contribution is 5.96. The van der Waals surface area contributed by atoms with Crippen molar-refractivity contribution < 1.29 is 18.3 Å². The van der Waals surface area contributed by atoms with Crippen molar-refractivity contribution in [1.29, 1.82) is 0 Å². The Morgan fingerprint density at radius 2 is 2.07 bits per heavy atom. The number of nitrogen functional groups attached to an aromatic ring is 2. The summed E-state index contributed by atoms with van der Waals surface area (Å²) in [5, 5.41) is 0. The summed E-state index contributed by atoms with van der Waals surface area (Å²) in [6.07, 6.45) is -1.98. The molecule has 0 spiro atoms. The Kier molecular flexibility index (Phi) is 3.03. The lowest BCUT2D eigenvalue weighted by Crippen LogP contribution is -2.12. The van der Waals surface area contributed by atoms with E-state index >= 15 is 0 Å². The van der Waals surface area contributed by atoms with Crippen molar-refractivity contribution >= 4 is 17.3 Å². The molecule has 0 atom stereocenters. The predicted molar refractivity (Wildman–Crippen MR) is 49.4 cm³/mol. The molecule has 0 radical (unpaired) electrons. The zero-order chi connectivity index (χ0) is 11.6. The summed E-state index contributed by atoms with van der Waals surface area (Å²) in [7, 11) is 1.13. The predicted octanol–water partition coefficient (Wildman–Crippen LogP) is 0.970. The Morgan fingerprint density at radius 3 is 2.53 bits per heavy atom. The van der Waals surface area contributed by atoms with E-state index in [0.29, 0.717) is 0 Å². The fraction of sp³-hybridized carbons (Fsp3) is 0.250. The number of esters is 1. The molecule has 82 valence electrons. The molecule has 0 unspecified atom stereocenters. The van der Waals surface area contributed by atoms with Gasteiger partial charge in [-0.1, -0.05) is 0 Å². The smallest absolute Gasteiger partial charge is 0.358 e. The molecule has 1 aromatic heterocycles. The Bertz CT molecular complexity index is 396. The van der Waals surface area contributed by atoms with Crippen molar-refractivity contribution in [2.45, 2.75) is 6.43 Å². The molecule has 0 aliphatic carbocycles. The molecule has 4 N–H and O–H groups in total. The average molecular weight is 217 g/mol. The van der Waals surface area contributed by atoms with Crippen LogP contribution in [0.1, 0.15) is 22.5 Å². The van der Waals surface area contributed by atoms with Crippen molar-refractivity contribution in [3.63, 3.8) is 0 Å². The van der Waals surface area contributed by atoms with E-state index in [-0.39, 0.29) is 17.1 Å². The van der Waals surface area contributed by atoms with Crippen molar-refractivity contribution in [1.82, 2.24) is 4.98 Å². The fourth-order valence-corrected chi connectivity index (χ4v) is 0.989. The van der Waals surface area contributed by atoms with Crippen LogP contribution in [0.2, 0.25) is 0 Å². The SMILES string of the molecule is COC(=O)c1ncc(C(F)F)c(N)c1N. The van der Waals surface area contributed by atoms with Gasteiger partial charge in [-0.25, -0.2) is 18.6 Å². The van der Waals surface area contributed by atoms with E-state index < -0.39 is 18.0 Å². The normalized spacial score (nSPS) is 10.4. The van der Waals surface area contributed by atoms with Crippen molar-refractivity contribution in [3.05, 3.63) is 17.5 Å². The van der Waals surface area contributed by atoms with Gasteiger partial charge in [-0.2, -0.15) is 0 Å². The highest BCUT2D eigenvalue weighted by Gasteiger charge is 2.20. The quantitative estimate of drug-likeness (QED) is 0.720. The van der Waals surface area contributed by atoms with Gasteiger partial charge in [0.15, 0.2) is 5.69 Å². The van der Waals surface area contributed by atoms with E-state index in [0.717, 1.165) is 13.3 Å². The van der Waals surface area contributed by atoms with Crippen LogP contribution in [0.3, 0.4) is 0 Å². The molecule has 7 heteroatoms. The Balaban J connectivity index is 3.27. The number of halogens is 2.